The zero-order valence-corrected chi connectivity index (χ0v) is 18.4. The maximum Gasteiger partial charge on any atom is 0.203 e. The average molecular weight is 426 g/mol. The number of aryl methyl sites for hydroxylation is 1. The molecule has 164 valence electrons. The summed E-state index contributed by atoms with van der Waals surface area (Å²) in [5.41, 5.74) is 2.39. The minimum atomic E-state index is -0.585. The SMILES string of the molecule is CCCc1cc(F)cc([C@@H](C)Nc2ccn3ncc(C4=NOC(C)(C)N4)c3n2)c1OC. The summed E-state index contributed by atoms with van der Waals surface area (Å²) in [6, 6.07) is 4.64. The fourth-order valence-electron chi connectivity index (χ4n) is 3.72. The lowest BCUT2D eigenvalue weighted by Crippen LogP contribution is -2.38. The molecule has 1 atom stereocenters. The van der Waals surface area contributed by atoms with Gasteiger partial charge in [-0.15, -0.1) is 0 Å². The lowest BCUT2D eigenvalue weighted by Gasteiger charge is -2.20. The Hall–Kier alpha value is -3.36. The van der Waals surface area contributed by atoms with Crippen LogP contribution in [0.4, 0.5) is 10.2 Å². The van der Waals surface area contributed by atoms with Gasteiger partial charge in [-0.05, 0) is 51.0 Å². The molecule has 31 heavy (non-hydrogen) atoms. The molecule has 0 saturated heterocycles. The first-order valence-electron chi connectivity index (χ1n) is 10.3. The van der Waals surface area contributed by atoms with Gasteiger partial charge in [-0.25, -0.2) is 13.9 Å². The van der Waals surface area contributed by atoms with E-state index in [1.807, 2.05) is 33.0 Å². The second kappa shape index (κ2) is 8.05. The van der Waals surface area contributed by atoms with E-state index < -0.39 is 5.72 Å². The predicted octanol–water partition coefficient (Wildman–Crippen LogP) is 4.02. The quantitative estimate of drug-likeness (QED) is 0.594. The normalized spacial score (nSPS) is 15.9. The average Bonchev–Trinajstić information content (AvgIpc) is 3.30. The van der Waals surface area contributed by atoms with Gasteiger partial charge in [0.05, 0.1) is 24.9 Å². The summed E-state index contributed by atoms with van der Waals surface area (Å²) in [6.45, 7) is 7.78. The van der Waals surface area contributed by atoms with Crippen LogP contribution >= 0.6 is 0 Å². The molecular formula is C22H27FN6O2. The zero-order valence-electron chi connectivity index (χ0n) is 18.4. The number of anilines is 1. The molecule has 8 nitrogen and oxygen atoms in total. The van der Waals surface area contributed by atoms with E-state index in [-0.39, 0.29) is 11.9 Å². The molecule has 0 unspecified atom stereocenters. The summed E-state index contributed by atoms with van der Waals surface area (Å²) < 4.78 is 21.6. The van der Waals surface area contributed by atoms with Crippen LogP contribution in [0.5, 0.6) is 5.75 Å². The molecule has 0 fully saturated rings. The topological polar surface area (TPSA) is 85.1 Å². The van der Waals surface area contributed by atoms with E-state index in [4.69, 9.17) is 14.6 Å². The van der Waals surface area contributed by atoms with Gasteiger partial charge in [0, 0.05) is 11.8 Å². The van der Waals surface area contributed by atoms with Gasteiger partial charge < -0.3 is 20.2 Å². The summed E-state index contributed by atoms with van der Waals surface area (Å²) in [6.07, 6.45) is 5.16. The molecule has 1 aliphatic heterocycles. The third-order valence-corrected chi connectivity index (χ3v) is 5.12. The van der Waals surface area contributed by atoms with Crippen LogP contribution in [0.15, 0.2) is 35.7 Å². The largest absolute Gasteiger partial charge is 0.496 e. The lowest BCUT2D eigenvalue weighted by atomic mass is 10.00. The van der Waals surface area contributed by atoms with Crippen LogP contribution in [-0.4, -0.2) is 33.3 Å². The van der Waals surface area contributed by atoms with Gasteiger partial charge >= 0.3 is 0 Å². The smallest absolute Gasteiger partial charge is 0.203 e. The van der Waals surface area contributed by atoms with Crippen molar-refractivity contribution in [1.82, 2.24) is 19.9 Å². The minimum Gasteiger partial charge on any atom is -0.496 e. The Labute approximate surface area is 180 Å². The Morgan fingerprint density at radius 2 is 2.16 bits per heavy atom. The highest BCUT2D eigenvalue weighted by Crippen LogP contribution is 2.33. The number of nitrogens with one attached hydrogen (secondary N) is 2. The predicted molar refractivity (Wildman–Crippen MR) is 117 cm³/mol. The highest BCUT2D eigenvalue weighted by atomic mass is 19.1. The summed E-state index contributed by atoms with van der Waals surface area (Å²) in [5.74, 6) is 1.64. The van der Waals surface area contributed by atoms with Crippen molar-refractivity contribution in [3.05, 3.63) is 53.1 Å². The second-order valence-corrected chi connectivity index (χ2v) is 8.11. The van der Waals surface area contributed by atoms with Crippen molar-refractivity contribution in [1.29, 1.82) is 0 Å². The van der Waals surface area contributed by atoms with Crippen LogP contribution in [0, 0.1) is 5.82 Å². The van der Waals surface area contributed by atoms with Crippen molar-refractivity contribution in [3.63, 3.8) is 0 Å². The number of nitrogens with zero attached hydrogens (tertiary/aromatic N) is 4. The van der Waals surface area contributed by atoms with Gasteiger partial charge in [0.15, 0.2) is 11.5 Å². The Morgan fingerprint density at radius 3 is 2.84 bits per heavy atom. The second-order valence-electron chi connectivity index (χ2n) is 8.11. The monoisotopic (exact) mass is 426 g/mol. The Morgan fingerprint density at radius 1 is 1.35 bits per heavy atom. The number of rotatable bonds is 7. The Kier molecular flexibility index (Phi) is 5.43. The number of amidine groups is 1. The summed E-state index contributed by atoms with van der Waals surface area (Å²) in [4.78, 5) is 10.1. The maximum absolute atomic E-state index is 14.3. The number of halogens is 1. The molecule has 2 N–H and O–H groups in total. The van der Waals surface area contributed by atoms with Gasteiger partial charge in [-0.3, -0.25) is 0 Å². The van der Waals surface area contributed by atoms with Gasteiger partial charge in [0.1, 0.15) is 17.4 Å². The van der Waals surface area contributed by atoms with Gasteiger partial charge in [-0.1, -0.05) is 18.5 Å². The number of aromatic nitrogens is 3. The molecule has 0 saturated carbocycles. The highest BCUT2D eigenvalue weighted by molar-refractivity contribution is 6.04. The molecule has 0 spiro atoms. The minimum absolute atomic E-state index is 0.230. The summed E-state index contributed by atoms with van der Waals surface area (Å²) in [7, 11) is 1.62. The standard InChI is InChI=1S/C22H27FN6O2/c1-6-7-14-10-15(23)11-16(19(14)30-5)13(2)25-18-8-9-29-21(26-18)17(12-24-29)20-27-22(3,4)31-28-20/h8-13H,6-7H2,1-5H3,(H,25,26)(H,27,28)/t13-/m1/s1. The number of benzene rings is 1. The van der Waals surface area contributed by atoms with Crippen molar-refractivity contribution in [2.45, 2.75) is 52.3 Å². The fourth-order valence-corrected chi connectivity index (χ4v) is 3.72. The van der Waals surface area contributed by atoms with Crippen LogP contribution in [0.3, 0.4) is 0 Å². The van der Waals surface area contributed by atoms with E-state index in [1.54, 1.807) is 23.9 Å². The first-order chi connectivity index (χ1) is 14.8. The number of hydrogen-bond acceptors (Lipinski definition) is 7. The number of oxime groups is 1. The van der Waals surface area contributed by atoms with E-state index in [9.17, 15) is 4.39 Å². The summed E-state index contributed by atoms with van der Waals surface area (Å²) >= 11 is 0. The fraction of sp³-hybridized carbons (Fsp3) is 0.409. The summed E-state index contributed by atoms with van der Waals surface area (Å²) in [5, 5.41) is 15.0. The zero-order chi connectivity index (χ0) is 22.2. The molecule has 1 aliphatic rings. The number of fused-ring (bicyclic) bond motifs is 1. The molecule has 9 heteroatoms. The molecule has 0 radical (unpaired) electrons. The maximum atomic E-state index is 14.3. The Balaban J connectivity index is 1.64. The van der Waals surface area contributed by atoms with E-state index in [0.29, 0.717) is 23.1 Å². The molecule has 0 aliphatic carbocycles. The van der Waals surface area contributed by atoms with Crippen LogP contribution in [-0.2, 0) is 11.3 Å². The van der Waals surface area contributed by atoms with Crippen molar-refractivity contribution in [2.24, 2.45) is 5.16 Å². The Bertz CT molecular complexity index is 1140. The van der Waals surface area contributed by atoms with E-state index in [1.165, 1.54) is 6.07 Å². The first-order valence-corrected chi connectivity index (χ1v) is 10.3. The number of methoxy groups -OCH3 is 1. The molecule has 3 heterocycles. The van der Waals surface area contributed by atoms with Crippen LogP contribution in [0.25, 0.3) is 5.65 Å². The number of hydrogen-bond donors (Lipinski definition) is 2. The molecule has 3 aromatic rings. The third kappa shape index (κ3) is 4.12. The van der Waals surface area contributed by atoms with Gasteiger partial charge in [0.2, 0.25) is 5.72 Å². The molecule has 4 rings (SSSR count). The van der Waals surface area contributed by atoms with Gasteiger partial charge in [-0.2, -0.15) is 5.10 Å². The molecule has 1 aromatic carbocycles. The van der Waals surface area contributed by atoms with E-state index >= 15 is 0 Å². The van der Waals surface area contributed by atoms with Crippen molar-refractivity contribution >= 4 is 17.3 Å². The van der Waals surface area contributed by atoms with Crippen LogP contribution < -0.4 is 15.4 Å². The van der Waals surface area contributed by atoms with Crippen LogP contribution in [0.2, 0.25) is 0 Å². The molecular weight excluding hydrogens is 399 g/mol. The van der Waals surface area contributed by atoms with Crippen molar-refractivity contribution in [3.8, 4) is 5.75 Å². The number of ether oxygens (including phenoxy) is 1. The van der Waals surface area contributed by atoms with Crippen molar-refractivity contribution < 1.29 is 14.0 Å². The molecule has 0 bridgehead atoms. The van der Waals surface area contributed by atoms with Gasteiger partial charge in [0.25, 0.3) is 0 Å². The first kappa shape index (κ1) is 20.9. The molecule has 2 aromatic heterocycles. The lowest BCUT2D eigenvalue weighted by molar-refractivity contribution is -0.00234. The van der Waals surface area contributed by atoms with E-state index in [0.717, 1.165) is 29.5 Å². The molecule has 0 amide bonds. The van der Waals surface area contributed by atoms with E-state index in [2.05, 4.69) is 27.8 Å². The third-order valence-electron chi connectivity index (χ3n) is 5.12. The highest BCUT2D eigenvalue weighted by Gasteiger charge is 2.30. The van der Waals surface area contributed by atoms with Crippen LogP contribution in [0.1, 0.15) is 56.8 Å². The van der Waals surface area contributed by atoms with Crippen molar-refractivity contribution in [2.75, 3.05) is 12.4 Å².